The van der Waals surface area contributed by atoms with E-state index in [1.807, 2.05) is 65.3 Å². The van der Waals surface area contributed by atoms with Gasteiger partial charge in [-0.3, -0.25) is 9.78 Å². The van der Waals surface area contributed by atoms with Crippen LogP contribution in [0.5, 0.6) is 5.75 Å². The van der Waals surface area contributed by atoms with Gasteiger partial charge in [-0.15, -0.1) is 0 Å². The summed E-state index contributed by atoms with van der Waals surface area (Å²) < 4.78 is 9.41. The maximum atomic E-state index is 13.1. The molecule has 5 rings (SSSR count). The second-order valence-electron chi connectivity index (χ2n) is 6.99. The number of aromatic nitrogens is 5. The van der Waals surface area contributed by atoms with Crippen molar-refractivity contribution >= 4 is 16.4 Å². The fourth-order valence-corrected chi connectivity index (χ4v) is 3.45. The van der Waals surface area contributed by atoms with Gasteiger partial charge >= 0.3 is 0 Å². The van der Waals surface area contributed by atoms with Gasteiger partial charge in [0.15, 0.2) is 0 Å². The van der Waals surface area contributed by atoms with Crippen molar-refractivity contribution in [1.29, 1.82) is 0 Å². The van der Waals surface area contributed by atoms with Crippen molar-refractivity contribution in [1.82, 2.24) is 24.1 Å². The summed E-state index contributed by atoms with van der Waals surface area (Å²) >= 11 is 0. The van der Waals surface area contributed by atoms with Crippen LogP contribution in [0.25, 0.3) is 16.4 Å². The minimum atomic E-state index is -0.165. The Kier molecular flexibility index (Phi) is 4.69. The number of fused-ring (bicyclic) bond motifs is 2. The Balaban J connectivity index is 1.41. The van der Waals surface area contributed by atoms with E-state index in [0.29, 0.717) is 30.7 Å². The highest BCUT2D eigenvalue weighted by atomic mass is 16.5. The van der Waals surface area contributed by atoms with Gasteiger partial charge in [-0.05, 0) is 35.9 Å². The van der Waals surface area contributed by atoms with Crippen molar-refractivity contribution < 1.29 is 4.74 Å². The number of pyridine rings is 2. The number of hydrogen-bond donors (Lipinski definition) is 0. The van der Waals surface area contributed by atoms with Gasteiger partial charge in [0.2, 0.25) is 0 Å². The minimum absolute atomic E-state index is 0.165. The van der Waals surface area contributed by atoms with Crippen molar-refractivity contribution in [2.75, 3.05) is 0 Å². The molecular formula is C23H19N5O2. The first-order valence-electron chi connectivity index (χ1n) is 9.71. The van der Waals surface area contributed by atoms with Gasteiger partial charge in [-0.25, -0.2) is 9.67 Å². The van der Waals surface area contributed by atoms with Crippen molar-refractivity contribution in [2.45, 2.75) is 19.6 Å². The third-order valence-corrected chi connectivity index (χ3v) is 4.98. The van der Waals surface area contributed by atoms with Gasteiger partial charge in [-0.1, -0.05) is 18.2 Å². The van der Waals surface area contributed by atoms with Crippen molar-refractivity contribution in [3.05, 3.63) is 101 Å². The van der Waals surface area contributed by atoms with Crippen molar-refractivity contribution in [2.24, 2.45) is 0 Å². The lowest BCUT2D eigenvalue weighted by molar-refractivity contribution is 0.309. The van der Waals surface area contributed by atoms with E-state index in [4.69, 9.17) is 4.74 Å². The lowest BCUT2D eigenvalue weighted by atomic mass is 10.2. The molecule has 7 heteroatoms. The molecule has 0 spiro atoms. The number of imidazole rings is 1. The van der Waals surface area contributed by atoms with Crippen LogP contribution in [0.4, 0.5) is 0 Å². The van der Waals surface area contributed by atoms with Crippen LogP contribution in [-0.4, -0.2) is 24.1 Å². The fraction of sp³-hybridized carbons (Fsp3) is 0.130. The van der Waals surface area contributed by atoms with Crippen molar-refractivity contribution in [3.8, 4) is 5.75 Å². The summed E-state index contributed by atoms with van der Waals surface area (Å²) in [5, 5.41) is 5.64. The third kappa shape index (κ3) is 3.53. The molecule has 4 heterocycles. The Hall–Kier alpha value is -4.00. The Morgan fingerprint density at radius 2 is 1.90 bits per heavy atom. The van der Waals surface area contributed by atoms with Crippen LogP contribution in [0.3, 0.4) is 0 Å². The van der Waals surface area contributed by atoms with E-state index in [0.717, 1.165) is 22.3 Å². The summed E-state index contributed by atoms with van der Waals surface area (Å²) in [5.74, 6) is 0.554. The summed E-state index contributed by atoms with van der Waals surface area (Å²) in [4.78, 5) is 21.7. The summed E-state index contributed by atoms with van der Waals surface area (Å²) in [6, 6.07) is 15.2. The first kappa shape index (κ1) is 18.1. The fourth-order valence-electron chi connectivity index (χ4n) is 3.45. The van der Waals surface area contributed by atoms with E-state index in [1.54, 1.807) is 18.6 Å². The quantitative estimate of drug-likeness (QED) is 0.440. The normalized spacial score (nSPS) is 11.2. The second-order valence-corrected chi connectivity index (χ2v) is 6.99. The molecule has 0 saturated carbocycles. The van der Waals surface area contributed by atoms with Crippen LogP contribution in [0.2, 0.25) is 0 Å². The van der Waals surface area contributed by atoms with E-state index >= 15 is 0 Å². The SMILES string of the molecule is O=c1c2c(OCc3ccncc3)cccc2cnn1CCc1cn2ccccc2n1. The standard InChI is InChI=1S/C23H19N5O2/c29-23-22-18(4-3-5-20(22)30-16-17-7-10-24-11-8-17)14-25-28(23)13-9-19-15-27-12-2-1-6-21(27)26-19/h1-8,10-12,14-15H,9,13,16H2. The average molecular weight is 397 g/mol. The highest BCUT2D eigenvalue weighted by Gasteiger charge is 2.11. The lowest BCUT2D eigenvalue weighted by Crippen LogP contribution is -2.24. The van der Waals surface area contributed by atoms with Gasteiger partial charge in [-0.2, -0.15) is 5.10 Å². The number of benzene rings is 1. The summed E-state index contributed by atoms with van der Waals surface area (Å²) in [6.07, 6.45) is 9.69. The molecule has 0 aliphatic carbocycles. The molecule has 148 valence electrons. The zero-order chi connectivity index (χ0) is 20.3. The van der Waals surface area contributed by atoms with Crippen LogP contribution in [0, 0.1) is 0 Å². The van der Waals surface area contributed by atoms with Crippen LogP contribution >= 0.6 is 0 Å². The molecule has 0 N–H and O–H groups in total. The maximum absolute atomic E-state index is 13.1. The van der Waals surface area contributed by atoms with E-state index in [-0.39, 0.29) is 5.56 Å². The molecule has 0 unspecified atom stereocenters. The predicted octanol–water partition coefficient (Wildman–Crippen LogP) is 3.26. The number of rotatable bonds is 6. The smallest absolute Gasteiger partial charge is 0.278 e. The van der Waals surface area contributed by atoms with Gasteiger partial charge in [0.25, 0.3) is 5.56 Å². The molecule has 0 amide bonds. The Morgan fingerprint density at radius 1 is 1.00 bits per heavy atom. The van der Waals surface area contributed by atoms with E-state index in [2.05, 4.69) is 15.1 Å². The monoisotopic (exact) mass is 397 g/mol. The number of nitrogens with zero attached hydrogens (tertiary/aromatic N) is 5. The molecule has 0 saturated heterocycles. The number of hydrogen-bond acceptors (Lipinski definition) is 5. The molecule has 4 aromatic heterocycles. The Bertz CT molecular complexity index is 1340. The zero-order valence-electron chi connectivity index (χ0n) is 16.2. The highest BCUT2D eigenvalue weighted by Crippen LogP contribution is 2.22. The number of aryl methyl sites for hydroxylation is 2. The molecule has 30 heavy (non-hydrogen) atoms. The van der Waals surface area contributed by atoms with E-state index in [1.165, 1.54) is 4.68 Å². The molecule has 0 fully saturated rings. The van der Waals surface area contributed by atoms with Gasteiger partial charge < -0.3 is 9.14 Å². The third-order valence-electron chi connectivity index (χ3n) is 4.98. The van der Waals surface area contributed by atoms with Crippen LogP contribution in [0.1, 0.15) is 11.3 Å². The van der Waals surface area contributed by atoms with Crippen LogP contribution in [-0.2, 0) is 19.6 Å². The molecule has 0 bridgehead atoms. The topological polar surface area (TPSA) is 74.3 Å². The molecular weight excluding hydrogens is 378 g/mol. The maximum Gasteiger partial charge on any atom is 0.278 e. The molecule has 0 radical (unpaired) electrons. The zero-order valence-corrected chi connectivity index (χ0v) is 16.2. The van der Waals surface area contributed by atoms with E-state index < -0.39 is 0 Å². The van der Waals surface area contributed by atoms with Gasteiger partial charge in [0.1, 0.15) is 18.0 Å². The van der Waals surface area contributed by atoms with Gasteiger partial charge in [0, 0.05) is 36.6 Å². The van der Waals surface area contributed by atoms with Crippen LogP contribution in [0.15, 0.2) is 84.3 Å². The minimum Gasteiger partial charge on any atom is -0.488 e. The molecule has 0 atom stereocenters. The second kappa shape index (κ2) is 7.79. The largest absolute Gasteiger partial charge is 0.488 e. The summed E-state index contributed by atoms with van der Waals surface area (Å²) in [7, 11) is 0. The highest BCUT2D eigenvalue weighted by molar-refractivity contribution is 5.86. The number of ether oxygens (including phenoxy) is 1. The predicted molar refractivity (Wildman–Crippen MR) is 113 cm³/mol. The molecule has 0 aliphatic heterocycles. The molecule has 0 aliphatic rings. The van der Waals surface area contributed by atoms with Crippen LogP contribution < -0.4 is 10.3 Å². The summed E-state index contributed by atoms with van der Waals surface area (Å²) in [5.41, 5.74) is 2.63. The Labute approximate surface area is 172 Å². The van der Waals surface area contributed by atoms with Gasteiger partial charge in [0.05, 0.1) is 23.8 Å². The lowest BCUT2D eigenvalue weighted by Gasteiger charge is -2.10. The Morgan fingerprint density at radius 3 is 2.77 bits per heavy atom. The van der Waals surface area contributed by atoms with E-state index in [9.17, 15) is 4.79 Å². The molecule has 5 aromatic rings. The average Bonchev–Trinajstić information content (AvgIpc) is 3.21. The first-order valence-corrected chi connectivity index (χ1v) is 9.71. The summed E-state index contributed by atoms with van der Waals surface area (Å²) in [6.45, 7) is 0.808. The molecule has 7 nitrogen and oxygen atoms in total. The first-order chi connectivity index (χ1) is 14.8. The molecule has 1 aromatic carbocycles. The van der Waals surface area contributed by atoms with Crippen molar-refractivity contribution in [3.63, 3.8) is 0 Å².